The lowest BCUT2D eigenvalue weighted by Gasteiger charge is -2.31. The maximum absolute atomic E-state index is 6.10. The van der Waals surface area contributed by atoms with Crippen LogP contribution in [0.25, 0.3) is 10.9 Å². The van der Waals surface area contributed by atoms with Crippen LogP contribution in [0.1, 0.15) is 25.7 Å². The van der Waals surface area contributed by atoms with Gasteiger partial charge in [-0.25, -0.2) is 4.98 Å². The molecule has 3 N–H and O–H groups in total. The first-order valence-electron chi connectivity index (χ1n) is 9.67. The van der Waals surface area contributed by atoms with E-state index in [-0.39, 0.29) is 0 Å². The van der Waals surface area contributed by atoms with Gasteiger partial charge in [-0.15, -0.1) is 0 Å². The van der Waals surface area contributed by atoms with Crippen LogP contribution in [0, 0.1) is 0 Å². The Labute approximate surface area is 175 Å². The van der Waals surface area contributed by atoms with Gasteiger partial charge in [-0.1, -0.05) is 41.4 Å². The minimum absolute atomic E-state index is 0.430. The average Bonchev–Trinajstić information content (AvgIpc) is 2.68. The number of halogens is 2. The van der Waals surface area contributed by atoms with Crippen LogP contribution in [0.4, 0.5) is 17.2 Å². The Morgan fingerprint density at radius 1 is 0.857 bits per heavy atom. The molecule has 1 saturated carbocycles. The van der Waals surface area contributed by atoms with Gasteiger partial charge >= 0.3 is 0 Å². The van der Waals surface area contributed by atoms with Crippen molar-refractivity contribution in [3.8, 4) is 0 Å². The Morgan fingerprint density at radius 3 is 2.18 bits per heavy atom. The minimum Gasteiger partial charge on any atom is -0.387 e. The van der Waals surface area contributed by atoms with E-state index < -0.39 is 0 Å². The molecule has 4 rings (SSSR count). The number of fused-ring (bicyclic) bond motifs is 1. The van der Waals surface area contributed by atoms with Gasteiger partial charge in [0.25, 0.3) is 0 Å². The van der Waals surface area contributed by atoms with Gasteiger partial charge in [0.1, 0.15) is 5.82 Å². The Kier molecular flexibility index (Phi) is 5.79. The Hall–Kier alpha value is -2.17. The lowest BCUT2D eigenvalue weighted by molar-refractivity contribution is 0.428. The smallest absolute Gasteiger partial charge is 0.128 e. The lowest BCUT2D eigenvalue weighted by Crippen LogP contribution is -2.32. The summed E-state index contributed by atoms with van der Waals surface area (Å²) >= 11 is 12.2. The van der Waals surface area contributed by atoms with Gasteiger partial charge in [0.2, 0.25) is 0 Å². The number of anilines is 3. The molecule has 1 aliphatic rings. The van der Waals surface area contributed by atoms with Crippen molar-refractivity contribution in [2.24, 2.45) is 0 Å². The van der Waals surface area contributed by atoms with Crippen LogP contribution in [0.15, 0.2) is 48.5 Å². The van der Waals surface area contributed by atoms with E-state index in [0.717, 1.165) is 53.8 Å². The first kappa shape index (κ1) is 19.2. The summed E-state index contributed by atoms with van der Waals surface area (Å²) in [6.45, 7) is 0. The fourth-order valence-electron chi connectivity index (χ4n) is 3.92. The summed E-state index contributed by atoms with van der Waals surface area (Å²) in [5.74, 6) is 0.932. The van der Waals surface area contributed by atoms with Crippen LogP contribution < -0.4 is 16.0 Å². The van der Waals surface area contributed by atoms with E-state index in [1.165, 1.54) is 0 Å². The maximum atomic E-state index is 6.10. The zero-order valence-electron chi connectivity index (χ0n) is 15.8. The summed E-state index contributed by atoms with van der Waals surface area (Å²) in [4.78, 5) is 4.79. The number of benzene rings is 2. The van der Waals surface area contributed by atoms with E-state index in [1.807, 2.05) is 31.3 Å². The van der Waals surface area contributed by atoms with Crippen molar-refractivity contribution >= 4 is 51.3 Å². The highest BCUT2D eigenvalue weighted by Crippen LogP contribution is 2.29. The average molecular weight is 415 g/mol. The van der Waals surface area contributed by atoms with Gasteiger partial charge in [0, 0.05) is 52.0 Å². The van der Waals surface area contributed by atoms with Gasteiger partial charge in [0.05, 0.1) is 5.52 Å². The van der Waals surface area contributed by atoms with E-state index in [1.54, 1.807) is 6.07 Å². The van der Waals surface area contributed by atoms with E-state index in [0.29, 0.717) is 22.1 Å². The van der Waals surface area contributed by atoms with Crippen LogP contribution >= 0.6 is 23.2 Å². The fraction of sp³-hybridized carbons (Fsp3) is 0.318. The van der Waals surface area contributed by atoms with E-state index >= 15 is 0 Å². The number of nitrogens with zero attached hydrogens (tertiary/aromatic N) is 1. The number of hydrogen-bond acceptors (Lipinski definition) is 4. The third-order valence-corrected chi connectivity index (χ3v) is 5.73. The van der Waals surface area contributed by atoms with Gasteiger partial charge in [0.15, 0.2) is 0 Å². The van der Waals surface area contributed by atoms with Crippen LogP contribution in [0.3, 0.4) is 0 Å². The number of pyridine rings is 1. The zero-order chi connectivity index (χ0) is 19.5. The molecule has 1 heterocycles. The van der Waals surface area contributed by atoms with Crippen LogP contribution in [0.2, 0.25) is 10.0 Å². The van der Waals surface area contributed by atoms with Gasteiger partial charge < -0.3 is 16.0 Å². The molecule has 28 heavy (non-hydrogen) atoms. The highest BCUT2D eigenvalue weighted by atomic mass is 35.5. The second kappa shape index (κ2) is 8.46. The summed E-state index contributed by atoms with van der Waals surface area (Å²) in [5, 5.41) is 12.9. The van der Waals surface area contributed by atoms with Crippen molar-refractivity contribution in [1.82, 2.24) is 4.98 Å². The number of aromatic nitrogens is 1. The normalized spacial score (nSPS) is 19.4. The summed E-state index contributed by atoms with van der Waals surface area (Å²) in [6.07, 6.45) is 4.37. The Morgan fingerprint density at radius 2 is 1.50 bits per heavy atom. The molecule has 0 bridgehead atoms. The molecule has 1 aromatic heterocycles. The number of para-hydroxylation sites is 1. The zero-order valence-corrected chi connectivity index (χ0v) is 17.3. The first-order valence-corrected chi connectivity index (χ1v) is 10.4. The topological polar surface area (TPSA) is 49.0 Å². The molecule has 4 nitrogen and oxygen atoms in total. The van der Waals surface area contributed by atoms with E-state index in [2.05, 4.69) is 34.1 Å². The van der Waals surface area contributed by atoms with Crippen LogP contribution in [-0.4, -0.2) is 24.1 Å². The van der Waals surface area contributed by atoms with E-state index in [9.17, 15) is 0 Å². The van der Waals surface area contributed by atoms with Crippen molar-refractivity contribution in [2.75, 3.05) is 23.0 Å². The lowest BCUT2D eigenvalue weighted by atomic mass is 9.91. The fourth-order valence-corrected chi connectivity index (χ4v) is 4.45. The monoisotopic (exact) mass is 414 g/mol. The Balaban J connectivity index is 1.38. The predicted octanol–water partition coefficient (Wildman–Crippen LogP) is 6.42. The quantitative estimate of drug-likeness (QED) is 0.450. The highest BCUT2D eigenvalue weighted by molar-refractivity contribution is 6.35. The van der Waals surface area contributed by atoms with Crippen LogP contribution in [0.5, 0.6) is 0 Å². The van der Waals surface area contributed by atoms with Gasteiger partial charge in [-0.3, -0.25) is 0 Å². The molecule has 6 heteroatoms. The standard InChI is InChI=1S/C22H24Cl2N4/c1-25-21-13-22(28-20-5-3-2-4-19(20)21)27-17-8-6-16(7-9-17)26-18-11-14(23)10-15(24)12-18/h2-5,10-13,16-17,26H,6-9H2,1H3,(H2,25,27,28). The molecule has 0 aliphatic heterocycles. The summed E-state index contributed by atoms with van der Waals surface area (Å²) in [5.41, 5.74) is 3.09. The largest absolute Gasteiger partial charge is 0.387 e. The maximum Gasteiger partial charge on any atom is 0.128 e. The molecule has 0 radical (unpaired) electrons. The van der Waals surface area contributed by atoms with Crippen molar-refractivity contribution in [3.63, 3.8) is 0 Å². The summed E-state index contributed by atoms with van der Waals surface area (Å²) < 4.78 is 0. The highest BCUT2D eigenvalue weighted by Gasteiger charge is 2.21. The van der Waals surface area contributed by atoms with Crippen molar-refractivity contribution in [1.29, 1.82) is 0 Å². The third kappa shape index (κ3) is 4.45. The molecule has 3 aromatic rings. The molecule has 0 atom stereocenters. The van der Waals surface area contributed by atoms with Crippen molar-refractivity contribution < 1.29 is 0 Å². The molecule has 0 unspecified atom stereocenters. The molecule has 1 aliphatic carbocycles. The molecule has 146 valence electrons. The molecule has 0 saturated heterocycles. The van der Waals surface area contributed by atoms with E-state index in [4.69, 9.17) is 28.2 Å². The molecule has 1 fully saturated rings. The second-order valence-corrected chi connectivity index (χ2v) is 8.19. The number of nitrogens with one attached hydrogen (secondary N) is 3. The number of hydrogen-bond donors (Lipinski definition) is 3. The van der Waals surface area contributed by atoms with Gasteiger partial charge in [-0.05, 0) is 49.9 Å². The van der Waals surface area contributed by atoms with Crippen molar-refractivity contribution in [2.45, 2.75) is 37.8 Å². The number of rotatable bonds is 5. The molecule has 0 amide bonds. The van der Waals surface area contributed by atoms with Crippen molar-refractivity contribution in [3.05, 3.63) is 58.6 Å². The first-order chi connectivity index (χ1) is 13.6. The predicted molar refractivity (Wildman–Crippen MR) is 121 cm³/mol. The second-order valence-electron chi connectivity index (χ2n) is 7.32. The SMILES string of the molecule is CNc1cc(NC2CCC(Nc3cc(Cl)cc(Cl)c3)CC2)nc2ccccc12. The van der Waals surface area contributed by atoms with Crippen LogP contribution in [-0.2, 0) is 0 Å². The molecule has 2 aromatic carbocycles. The Bertz CT molecular complexity index is 948. The molecular weight excluding hydrogens is 391 g/mol. The van der Waals surface area contributed by atoms with Gasteiger partial charge in [-0.2, -0.15) is 0 Å². The molecular formula is C22H24Cl2N4. The third-order valence-electron chi connectivity index (χ3n) is 5.30. The molecule has 0 spiro atoms. The summed E-state index contributed by atoms with van der Waals surface area (Å²) in [6, 6.07) is 16.8. The minimum atomic E-state index is 0.430. The summed E-state index contributed by atoms with van der Waals surface area (Å²) in [7, 11) is 1.95.